The number of benzene rings is 1. The molecule has 0 heterocycles. The van der Waals surface area contributed by atoms with Gasteiger partial charge in [-0.1, -0.05) is 18.6 Å². The van der Waals surface area contributed by atoms with E-state index >= 15 is 0 Å². The summed E-state index contributed by atoms with van der Waals surface area (Å²) in [4.78, 5) is 12.1. The minimum Gasteiger partial charge on any atom is -0.497 e. The third kappa shape index (κ3) is 2.07. The molecule has 3 heteroatoms. The number of methoxy groups -OCH3 is 1. The molecule has 2 rings (SSSR count). The Morgan fingerprint density at radius 3 is 2.53 bits per heavy atom. The Hall–Kier alpha value is -1.35. The molecule has 1 aliphatic carbocycles. The van der Waals surface area contributed by atoms with Crippen molar-refractivity contribution in [2.24, 2.45) is 0 Å². The van der Waals surface area contributed by atoms with Crippen LogP contribution in [0.3, 0.4) is 0 Å². The van der Waals surface area contributed by atoms with Crippen LogP contribution < -0.4 is 4.74 Å². The first-order valence-electron chi connectivity index (χ1n) is 6.01. The van der Waals surface area contributed by atoms with Crippen molar-refractivity contribution in [1.29, 1.82) is 0 Å². The molecule has 0 radical (unpaired) electrons. The zero-order chi connectivity index (χ0) is 12.3. The maximum absolute atomic E-state index is 12.1. The Bertz CT molecular complexity index is 396. The van der Waals surface area contributed by atoms with Gasteiger partial charge in [0.05, 0.1) is 19.1 Å². The van der Waals surface area contributed by atoms with Crippen molar-refractivity contribution >= 4 is 5.78 Å². The van der Waals surface area contributed by atoms with E-state index in [0.29, 0.717) is 6.42 Å². The van der Waals surface area contributed by atoms with Gasteiger partial charge in [0.25, 0.3) is 0 Å². The largest absolute Gasteiger partial charge is 0.497 e. The molecule has 1 aliphatic rings. The maximum Gasteiger partial charge on any atom is 0.145 e. The monoisotopic (exact) mass is 234 g/mol. The van der Waals surface area contributed by atoms with Gasteiger partial charge in [-0.2, -0.15) is 0 Å². The first-order chi connectivity index (χ1) is 8.23. The Labute approximate surface area is 101 Å². The van der Waals surface area contributed by atoms with Gasteiger partial charge in [-0.05, 0) is 30.5 Å². The number of Topliss-reactive ketones (excluding diaryl/α,β-unsaturated/α-hetero) is 1. The summed E-state index contributed by atoms with van der Waals surface area (Å²) in [5, 5.41) is 9.64. The van der Waals surface area contributed by atoms with E-state index in [1.807, 2.05) is 24.3 Å². The molecule has 0 amide bonds. The van der Waals surface area contributed by atoms with E-state index in [1.165, 1.54) is 0 Å². The summed E-state index contributed by atoms with van der Waals surface area (Å²) in [6.07, 6.45) is 3.26. The average Bonchev–Trinajstić information content (AvgIpc) is 2.40. The highest BCUT2D eigenvalue weighted by Crippen LogP contribution is 2.37. The maximum atomic E-state index is 12.1. The minimum atomic E-state index is -0.676. The van der Waals surface area contributed by atoms with Crippen molar-refractivity contribution in [1.82, 2.24) is 0 Å². The fraction of sp³-hybridized carbons (Fsp3) is 0.500. The van der Waals surface area contributed by atoms with E-state index < -0.39 is 5.41 Å². The number of carbonyl (C=O) groups is 1. The zero-order valence-corrected chi connectivity index (χ0v) is 10.1. The van der Waals surface area contributed by atoms with Crippen molar-refractivity contribution in [3.8, 4) is 5.75 Å². The summed E-state index contributed by atoms with van der Waals surface area (Å²) >= 11 is 0. The summed E-state index contributed by atoms with van der Waals surface area (Å²) in [5.74, 6) is 0.932. The first kappa shape index (κ1) is 12.1. The quantitative estimate of drug-likeness (QED) is 0.870. The number of ether oxygens (including phenoxy) is 1. The summed E-state index contributed by atoms with van der Waals surface area (Å²) in [5.41, 5.74) is 0.232. The Kier molecular flexibility index (Phi) is 3.48. The molecule has 0 bridgehead atoms. The summed E-state index contributed by atoms with van der Waals surface area (Å²) in [7, 11) is 1.61. The number of aliphatic hydroxyl groups excluding tert-OH is 1. The molecule has 17 heavy (non-hydrogen) atoms. The molecule has 1 fully saturated rings. The second kappa shape index (κ2) is 4.88. The van der Waals surface area contributed by atoms with Crippen LogP contribution in [0.5, 0.6) is 5.75 Å². The molecular weight excluding hydrogens is 216 g/mol. The normalized spacial score (nSPS) is 24.7. The van der Waals surface area contributed by atoms with Crippen molar-refractivity contribution in [2.45, 2.75) is 31.1 Å². The van der Waals surface area contributed by atoms with Crippen LogP contribution in [0, 0.1) is 0 Å². The van der Waals surface area contributed by atoms with E-state index in [-0.39, 0.29) is 12.4 Å². The highest BCUT2D eigenvalue weighted by atomic mass is 16.5. The van der Waals surface area contributed by atoms with Crippen molar-refractivity contribution in [2.75, 3.05) is 13.7 Å². The summed E-state index contributed by atoms with van der Waals surface area (Å²) in [6, 6.07) is 7.46. The lowest BCUT2D eigenvalue weighted by molar-refractivity contribution is -0.128. The molecule has 1 aromatic carbocycles. The summed E-state index contributed by atoms with van der Waals surface area (Å²) < 4.78 is 5.10. The number of hydrogen-bond acceptors (Lipinski definition) is 3. The number of carbonyl (C=O) groups excluding carboxylic acids is 1. The minimum absolute atomic E-state index is 0.0990. The lowest BCUT2D eigenvalue weighted by Gasteiger charge is -2.34. The third-order valence-electron chi connectivity index (χ3n) is 3.70. The molecule has 3 nitrogen and oxygen atoms in total. The molecule has 1 atom stereocenters. The van der Waals surface area contributed by atoms with Crippen LogP contribution in [-0.2, 0) is 10.2 Å². The Morgan fingerprint density at radius 1 is 1.29 bits per heavy atom. The molecule has 0 aliphatic heterocycles. The topological polar surface area (TPSA) is 46.5 Å². The van der Waals surface area contributed by atoms with Crippen LogP contribution in [0.25, 0.3) is 0 Å². The van der Waals surface area contributed by atoms with Crippen LogP contribution in [0.4, 0.5) is 0 Å². The number of rotatable bonds is 3. The second-order valence-electron chi connectivity index (χ2n) is 4.60. The van der Waals surface area contributed by atoms with Gasteiger partial charge >= 0.3 is 0 Å². The highest BCUT2D eigenvalue weighted by molar-refractivity contribution is 5.91. The van der Waals surface area contributed by atoms with Crippen LogP contribution in [0.1, 0.15) is 31.2 Å². The number of aliphatic hydroxyl groups is 1. The van der Waals surface area contributed by atoms with Gasteiger partial charge in [0.1, 0.15) is 11.5 Å². The van der Waals surface area contributed by atoms with Crippen molar-refractivity contribution in [3.05, 3.63) is 29.8 Å². The van der Waals surface area contributed by atoms with Gasteiger partial charge in [-0.25, -0.2) is 0 Å². The molecule has 0 spiro atoms. The summed E-state index contributed by atoms with van der Waals surface area (Å²) in [6.45, 7) is -0.0990. The Balaban J connectivity index is 2.35. The standard InChI is InChI=1S/C14H18O3/c1-17-12-7-5-11(6-8-12)14(10-15)9-3-2-4-13(14)16/h5-8,15H,2-4,9-10H2,1H3/t14-/m0/s1. The van der Waals surface area contributed by atoms with Crippen LogP contribution in [0.2, 0.25) is 0 Å². The zero-order valence-electron chi connectivity index (χ0n) is 10.1. The van der Waals surface area contributed by atoms with Crippen LogP contribution in [0.15, 0.2) is 24.3 Å². The van der Waals surface area contributed by atoms with Gasteiger partial charge < -0.3 is 9.84 Å². The first-order valence-corrected chi connectivity index (χ1v) is 6.01. The SMILES string of the molecule is COc1ccc([C@@]2(CO)CCCCC2=O)cc1. The van der Waals surface area contributed by atoms with Crippen molar-refractivity contribution < 1.29 is 14.6 Å². The van der Waals surface area contributed by atoms with Gasteiger partial charge in [0.15, 0.2) is 0 Å². The van der Waals surface area contributed by atoms with E-state index in [4.69, 9.17) is 4.74 Å². The second-order valence-corrected chi connectivity index (χ2v) is 4.60. The van der Waals surface area contributed by atoms with E-state index in [1.54, 1.807) is 7.11 Å². The van der Waals surface area contributed by atoms with Gasteiger partial charge in [0, 0.05) is 6.42 Å². The molecule has 1 aromatic rings. The van der Waals surface area contributed by atoms with E-state index in [9.17, 15) is 9.90 Å². The van der Waals surface area contributed by atoms with Gasteiger partial charge in [-0.3, -0.25) is 4.79 Å². The molecule has 0 aromatic heterocycles. The van der Waals surface area contributed by atoms with Crippen LogP contribution in [-0.4, -0.2) is 24.6 Å². The average molecular weight is 234 g/mol. The lowest BCUT2D eigenvalue weighted by Crippen LogP contribution is -2.41. The van der Waals surface area contributed by atoms with Gasteiger partial charge in [0.2, 0.25) is 0 Å². The molecule has 1 N–H and O–H groups in total. The molecular formula is C14H18O3. The van der Waals surface area contributed by atoms with E-state index in [0.717, 1.165) is 30.6 Å². The van der Waals surface area contributed by atoms with Crippen molar-refractivity contribution in [3.63, 3.8) is 0 Å². The van der Waals surface area contributed by atoms with Crippen LogP contribution >= 0.6 is 0 Å². The Morgan fingerprint density at radius 2 is 2.00 bits per heavy atom. The fourth-order valence-electron chi connectivity index (χ4n) is 2.56. The molecule has 0 unspecified atom stereocenters. The van der Waals surface area contributed by atoms with E-state index in [2.05, 4.69) is 0 Å². The predicted molar refractivity (Wildman–Crippen MR) is 65.2 cm³/mol. The predicted octanol–water partition coefficient (Wildman–Crippen LogP) is 2.07. The molecule has 92 valence electrons. The fourth-order valence-corrected chi connectivity index (χ4v) is 2.56. The lowest BCUT2D eigenvalue weighted by atomic mass is 9.69. The number of hydrogen-bond donors (Lipinski definition) is 1. The number of ketones is 1. The molecule has 0 saturated heterocycles. The van der Waals surface area contributed by atoms with Gasteiger partial charge in [-0.15, -0.1) is 0 Å². The highest BCUT2D eigenvalue weighted by Gasteiger charge is 2.40. The molecule has 1 saturated carbocycles. The smallest absolute Gasteiger partial charge is 0.145 e. The third-order valence-corrected chi connectivity index (χ3v) is 3.70.